The van der Waals surface area contributed by atoms with Crippen LogP contribution in [0.15, 0.2) is 54.6 Å². The van der Waals surface area contributed by atoms with Gasteiger partial charge >= 0.3 is 5.97 Å². The van der Waals surface area contributed by atoms with Crippen molar-refractivity contribution < 1.29 is 19.5 Å². The quantitative estimate of drug-likeness (QED) is 0.851. The van der Waals surface area contributed by atoms with Crippen molar-refractivity contribution in [3.8, 4) is 0 Å². The Kier molecular flexibility index (Phi) is 3.47. The van der Waals surface area contributed by atoms with Gasteiger partial charge in [0, 0.05) is 0 Å². The first kappa shape index (κ1) is 16.2. The van der Waals surface area contributed by atoms with E-state index in [9.17, 15) is 19.5 Å². The number of aromatic carboxylic acids is 1. The van der Waals surface area contributed by atoms with Gasteiger partial charge in [0.05, 0.1) is 23.1 Å². The Morgan fingerprint density at radius 1 is 0.926 bits per heavy atom. The monoisotopic (exact) mass is 361 g/mol. The Labute approximate surface area is 156 Å². The number of carbonyl (C=O) groups is 3. The van der Waals surface area contributed by atoms with Gasteiger partial charge < -0.3 is 5.11 Å². The van der Waals surface area contributed by atoms with Crippen LogP contribution in [0.4, 0.5) is 5.69 Å². The molecule has 0 unspecified atom stereocenters. The van der Waals surface area contributed by atoms with Crippen molar-refractivity contribution in [3.05, 3.63) is 65.7 Å². The second-order valence-corrected chi connectivity index (χ2v) is 7.83. The number of rotatable bonds is 3. The predicted molar refractivity (Wildman–Crippen MR) is 98.3 cm³/mol. The van der Waals surface area contributed by atoms with Crippen LogP contribution in [-0.2, 0) is 9.59 Å². The van der Waals surface area contributed by atoms with Gasteiger partial charge in [-0.1, -0.05) is 36.4 Å². The van der Waals surface area contributed by atoms with Crippen LogP contribution >= 0.6 is 0 Å². The zero-order valence-corrected chi connectivity index (χ0v) is 14.6. The number of benzene rings is 2. The number of anilines is 1. The van der Waals surface area contributed by atoms with Crippen LogP contribution in [0.1, 0.15) is 34.7 Å². The minimum Gasteiger partial charge on any atom is -0.478 e. The fraction of sp³-hybridized carbons (Fsp3) is 0.318. The van der Waals surface area contributed by atoms with Crippen LogP contribution in [0.5, 0.6) is 0 Å². The lowest BCUT2D eigenvalue weighted by atomic mass is 9.73. The first-order chi connectivity index (χ1) is 13.1. The van der Waals surface area contributed by atoms with E-state index in [0.29, 0.717) is 11.6 Å². The molecule has 27 heavy (non-hydrogen) atoms. The smallest absolute Gasteiger partial charge is 0.335 e. The maximum atomic E-state index is 13.2. The maximum Gasteiger partial charge on any atom is 0.335 e. The summed E-state index contributed by atoms with van der Waals surface area (Å²) in [6, 6.07) is 16.3. The Morgan fingerprint density at radius 3 is 2.41 bits per heavy atom. The lowest BCUT2D eigenvalue weighted by Gasteiger charge is -2.28. The van der Waals surface area contributed by atoms with E-state index >= 15 is 0 Å². The van der Waals surface area contributed by atoms with Crippen molar-refractivity contribution in [1.29, 1.82) is 0 Å². The summed E-state index contributed by atoms with van der Waals surface area (Å²) in [5.74, 6) is -1.20. The van der Waals surface area contributed by atoms with Gasteiger partial charge in [0.1, 0.15) is 0 Å². The SMILES string of the molecule is O=C(O)c1cccc(N2C(=O)[C@@H]3[C@@H]4C[C@@H]([C@@H]3C2=O)[C@H](c2ccccc2)C4)c1. The van der Waals surface area contributed by atoms with Gasteiger partial charge in [-0.2, -0.15) is 0 Å². The summed E-state index contributed by atoms with van der Waals surface area (Å²) in [5.41, 5.74) is 1.69. The molecule has 2 aromatic rings. The Bertz CT molecular complexity index is 954. The molecule has 1 heterocycles. The molecular formula is C22H19NO4. The van der Waals surface area contributed by atoms with Gasteiger partial charge in [0.15, 0.2) is 0 Å². The lowest BCUT2D eigenvalue weighted by molar-refractivity contribution is -0.123. The average Bonchev–Trinajstić information content (AvgIpc) is 3.34. The molecule has 1 aliphatic heterocycles. The van der Waals surface area contributed by atoms with Crippen molar-refractivity contribution in [1.82, 2.24) is 0 Å². The van der Waals surface area contributed by atoms with E-state index in [4.69, 9.17) is 0 Å². The number of carbonyl (C=O) groups excluding carboxylic acids is 2. The van der Waals surface area contributed by atoms with E-state index in [1.807, 2.05) is 18.2 Å². The van der Waals surface area contributed by atoms with Crippen LogP contribution in [0.3, 0.4) is 0 Å². The third kappa shape index (κ3) is 2.27. The molecule has 1 saturated heterocycles. The number of nitrogens with zero attached hydrogens (tertiary/aromatic N) is 1. The first-order valence-corrected chi connectivity index (χ1v) is 9.32. The number of hydrogen-bond donors (Lipinski definition) is 1. The van der Waals surface area contributed by atoms with Crippen molar-refractivity contribution in [3.63, 3.8) is 0 Å². The van der Waals surface area contributed by atoms with Crippen LogP contribution in [-0.4, -0.2) is 22.9 Å². The minimum atomic E-state index is -1.07. The molecule has 3 fully saturated rings. The standard InChI is InChI=1S/C22H19NO4/c24-20-18-14-10-16(12-5-2-1-3-6-12)17(11-14)19(18)21(25)23(20)15-8-4-7-13(9-15)22(26)27/h1-9,14,16-19H,10-11H2,(H,26,27)/t14-,16-,17+,18+,19-/m0/s1. The summed E-state index contributed by atoms with van der Waals surface area (Å²) in [7, 11) is 0. The van der Waals surface area contributed by atoms with Crippen molar-refractivity contribution in [2.45, 2.75) is 18.8 Å². The van der Waals surface area contributed by atoms with E-state index in [2.05, 4.69) is 12.1 Å². The number of carboxylic acid groups (broad SMARTS) is 1. The highest BCUT2D eigenvalue weighted by Gasteiger charge is 2.64. The molecule has 1 N–H and O–H groups in total. The van der Waals surface area contributed by atoms with Gasteiger partial charge in [-0.25, -0.2) is 4.79 Å². The molecule has 2 amide bonds. The molecule has 0 spiro atoms. The number of amides is 2. The fourth-order valence-electron chi connectivity index (χ4n) is 5.58. The molecule has 5 rings (SSSR count). The number of carboxylic acids is 1. The Hall–Kier alpha value is -2.95. The van der Waals surface area contributed by atoms with Crippen LogP contribution in [0.25, 0.3) is 0 Å². The summed E-state index contributed by atoms with van der Waals surface area (Å²) < 4.78 is 0. The molecule has 0 aromatic heterocycles. The number of fused-ring (bicyclic) bond motifs is 5. The highest BCUT2D eigenvalue weighted by molar-refractivity contribution is 6.22. The number of imide groups is 1. The Morgan fingerprint density at radius 2 is 1.67 bits per heavy atom. The summed E-state index contributed by atoms with van der Waals surface area (Å²) in [6.07, 6.45) is 1.87. The summed E-state index contributed by atoms with van der Waals surface area (Å²) in [5, 5.41) is 9.21. The van der Waals surface area contributed by atoms with E-state index < -0.39 is 5.97 Å². The highest BCUT2D eigenvalue weighted by Crippen LogP contribution is 2.61. The molecule has 5 heteroatoms. The van der Waals surface area contributed by atoms with Gasteiger partial charge in [-0.05, 0) is 54.4 Å². The molecule has 0 radical (unpaired) electrons. The van der Waals surface area contributed by atoms with Gasteiger partial charge in [-0.15, -0.1) is 0 Å². The third-order valence-electron chi connectivity index (χ3n) is 6.59. The fourth-order valence-corrected chi connectivity index (χ4v) is 5.58. The largest absolute Gasteiger partial charge is 0.478 e. The molecule has 3 aliphatic rings. The normalized spacial score (nSPS) is 31.4. The van der Waals surface area contributed by atoms with Gasteiger partial charge in [0.2, 0.25) is 11.8 Å². The van der Waals surface area contributed by atoms with Crippen molar-refractivity contribution >= 4 is 23.5 Å². The first-order valence-electron chi connectivity index (χ1n) is 9.32. The molecule has 2 aromatic carbocycles. The average molecular weight is 361 g/mol. The minimum absolute atomic E-state index is 0.0790. The topological polar surface area (TPSA) is 74.7 Å². The van der Waals surface area contributed by atoms with Crippen LogP contribution < -0.4 is 4.90 Å². The van der Waals surface area contributed by atoms with Crippen LogP contribution in [0.2, 0.25) is 0 Å². The van der Waals surface area contributed by atoms with Crippen molar-refractivity contribution in [2.75, 3.05) is 4.90 Å². The molecule has 136 valence electrons. The van der Waals surface area contributed by atoms with Crippen molar-refractivity contribution in [2.24, 2.45) is 23.7 Å². The summed E-state index contributed by atoms with van der Waals surface area (Å²) in [6.45, 7) is 0. The highest BCUT2D eigenvalue weighted by atomic mass is 16.4. The summed E-state index contributed by atoms with van der Waals surface area (Å²) >= 11 is 0. The second-order valence-electron chi connectivity index (χ2n) is 7.83. The molecule has 2 aliphatic carbocycles. The molecule has 2 bridgehead atoms. The molecule has 2 saturated carbocycles. The van der Waals surface area contributed by atoms with Crippen LogP contribution in [0, 0.1) is 23.7 Å². The van der Waals surface area contributed by atoms with E-state index in [-0.39, 0.29) is 41.0 Å². The lowest BCUT2D eigenvalue weighted by Crippen LogP contribution is -2.33. The van der Waals surface area contributed by atoms with Gasteiger partial charge in [-0.3, -0.25) is 14.5 Å². The zero-order valence-electron chi connectivity index (χ0n) is 14.6. The second kappa shape index (κ2) is 5.78. The number of hydrogen-bond acceptors (Lipinski definition) is 3. The van der Waals surface area contributed by atoms with Gasteiger partial charge in [0.25, 0.3) is 0 Å². The van der Waals surface area contributed by atoms with E-state index in [1.54, 1.807) is 12.1 Å². The molecule has 5 atom stereocenters. The van der Waals surface area contributed by atoms with E-state index in [0.717, 1.165) is 12.8 Å². The maximum absolute atomic E-state index is 13.2. The zero-order chi connectivity index (χ0) is 18.7. The molecule has 5 nitrogen and oxygen atoms in total. The molecular weight excluding hydrogens is 342 g/mol. The predicted octanol–water partition coefficient (Wildman–Crippen LogP) is 3.31. The third-order valence-corrected chi connectivity index (χ3v) is 6.59. The Balaban J connectivity index is 1.49. The summed E-state index contributed by atoms with van der Waals surface area (Å²) in [4.78, 5) is 38.8. The van der Waals surface area contributed by atoms with E-state index in [1.165, 1.54) is 22.6 Å².